The van der Waals surface area contributed by atoms with Gasteiger partial charge in [0.2, 0.25) is 15.9 Å². The van der Waals surface area contributed by atoms with Gasteiger partial charge in [0.25, 0.3) is 0 Å². The SMILES string of the molecule is CN(C1CCCCC1)S(=O)(=O)c1ccc(NC(=O)C2(C#N)CCCCC2)cc1. The molecule has 1 N–H and O–H groups in total. The standard InChI is InChI=1S/C21H29N3O3S/c1-24(18-8-4-2-5-9-18)28(26,27)19-12-10-17(11-13-19)23-20(25)21(16-22)14-6-3-7-15-21/h10-13,18H,2-9,14-15H2,1H3,(H,23,25). The molecular formula is C21H29N3O3S. The van der Waals surface area contributed by atoms with Crippen LogP contribution in [0.5, 0.6) is 0 Å². The Kier molecular flexibility index (Phi) is 6.41. The van der Waals surface area contributed by atoms with Crippen LogP contribution in [0.4, 0.5) is 5.69 Å². The van der Waals surface area contributed by atoms with Gasteiger partial charge < -0.3 is 5.32 Å². The van der Waals surface area contributed by atoms with Gasteiger partial charge in [-0.2, -0.15) is 9.57 Å². The van der Waals surface area contributed by atoms with Crippen molar-refractivity contribution in [3.05, 3.63) is 24.3 Å². The van der Waals surface area contributed by atoms with E-state index in [2.05, 4.69) is 11.4 Å². The lowest BCUT2D eigenvalue weighted by molar-refractivity contribution is -0.124. The minimum absolute atomic E-state index is 0.0555. The van der Waals surface area contributed by atoms with Crippen LogP contribution in [0.15, 0.2) is 29.2 Å². The average Bonchev–Trinajstić information content (AvgIpc) is 2.74. The van der Waals surface area contributed by atoms with Crippen LogP contribution in [0.3, 0.4) is 0 Å². The maximum Gasteiger partial charge on any atom is 0.244 e. The number of nitrogens with one attached hydrogen (secondary N) is 1. The molecule has 0 aromatic heterocycles. The number of sulfonamides is 1. The van der Waals surface area contributed by atoms with Gasteiger partial charge in [-0.05, 0) is 49.9 Å². The van der Waals surface area contributed by atoms with Crippen LogP contribution in [0.25, 0.3) is 0 Å². The lowest BCUT2D eigenvalue weighted by Gasteiger charge is -2.30. The van der Waals surface area contributed by atoms with Gasteiger partial charge in [-0.25, -0.2) is 8.42 Å². The van der Waals surface area contributed by atoms with E-state index >= 15 is 0 Å². The largest absolute Gasteiger partial charge is 0.325 e. The Morgan fingerprint density at radius 2 is 1.64 bits per heavy atom. The van der Waals surface area contributed by atoms with Crippen molar-refractivity contribution in [3.8, 4) is 6.07 Å². The third kappa shape index (κ3) is 4.23. The molecule has 1 aromatic rings. The highest BCUT2D eigenvalue weighted by Crippen LogP contribution is 2.37. The Hall–Kier alpha value is -1.91. The summed E-state index contributed by atoms with van der Waals surface area (Å²) in [5.41, 5.74) is -0.450. The van der Waals surface area contributed by atoms with E-state index < -0.39 is 15.4 Å². The first-order valence-corrected chi connectivity index (χ1v) is 11.6. The summed E-state index contributed by atoms with van der Waals surface area (Å²) in [6.07, 6.45) is 9.08. The first-order chi connectivity index (χ1) is 13.4. The molecule has 1 aromatic carbocycles. The molecule has 0 atom stereocenters. The third-order valence-electron chi connectivity index (χ3n) is 6.23. The molecule has 3 rings (SSSR count). The van der Waals surface area contributed by atoms with Gasteiger partial charge in [-0.3, -0.25) is 4.79 Å². The first-order valence-electron chi connectivity index (χ1n) is 10.2. The number of benzene rings is 1. The summed E-state index contributed by atoms with van der Waals surface area (Å²) < 4.78 is 27.3. The molecule has 0 unspecified atom stereocenters. The number of amides is 1. The highest BCUT2D eigenvalue weighted by molar-refractivity contribution is 7.89. The van der Waals surface area contributed by atoms with Crippen molar-refractivity contribution >= 4 is 21.6 Å². The number of nitriles is 1. The van der Waals surface area contributed by atoms with Crippen molar-refractivity contribution in [2.24, 2.45) is 5.41 Å². The van der Waals surface area contributed by atoms with Crippen LogP contribution in [0, 0.1) is 16.7 Å². The maximum absolute atomic E-state index is 12.9. The minimum atomic E-state index is -3.55. The lowest BCUT2D eigenvalue weighted by Crippen LogP contribution is -2.38. The number of carbonyl (C=O) groups is 1. The number of nitrogens with zero attached hydrogens (tertiary/aromatic N) is 2. The molecule has 0 saturated heterocycles. The zero-order valence-corrected chi connectivity index (χ0v) is 17.3. The minimum Gasteiger partial charge on any atom is -0.325 e. The Labute approximate surface area is 168 Å². The van der Waals surface area contributed by atoms with Gasteiger partial charge in [0.05, 0.1) is 11.0 Å². The molecule has 0 radical (unpaired) electrons. The molecule has 7 heteroatoms. The normalized spacial score (nSPS) is 20.5. The molecule has 28 heavy (non-hydrogen) atoms. The highest BCUT2D eigenvalue weighted by Gasteiger charge is 2.39. The number of carbonyl (C=O) groups excluding carboxylic acids is 1. The summed E-state index contributed by atoms with van der Waals surface area (Å²) in [6, 6.07) is 8.54. The van der Waals surface area contributed by atoms with Crippen LogP contribution >= 0.6 is 0 Å². The van der Waals surface area contributed by atoms with E-state index in [1.807, 2.05) is 0 Å². The van der Waals surface area contributed by atoms with Crippen LogP contribution in [-0.4, -0.2) is 31.7 Å². The first kappa shape index (κ1) is 20.8. The molecule has 0 bridgehead atoms. The van der Waals surface area contributed by atoms with Gasteiger partial charge >= 0.3 is 0 Å². The van der Waals surface area contributed by atoms with Gasteiger partial charge in [0, 0.05) is 18.8 Å². The number of hydrogen-bond acceptors (Lipinski definition) is 4. The zero-order valence-electron chi connectivity index (χ0n) is 16.5. The van der Waals surface area contributed by atoms with Gasteiger partial charge in [0.15, 0.2) is 0 Å². The van der Waals surface area contributed by atoms with E-state index in [0.717, 1.165) is 44.9 Å². The van der Waals surface area contributed by atoms with Crippen molar-refractivity contribution in [2.45, 2.75) is 75.1 Å². The van der Waals surface area contributed by atoms with Gasteiger partial charge in [0.1, 0.15) is 5.41 Å². The van der Waals surface area contributed by atoms with Crippen LogP contribution < -0.4 is 5.32 Å². The predicted molar refractivity (Wildman–Crippen MR) is 108 cm³/mol. The zero-order chi connectivity index (χ0) is 20.2. The van der Waals surface area contributed by atoms with Gasteiger partial charge in [-0.1, -0.05) is 38.5 Å². The fourth-order valence-electron chi connectivity index (χ4n) is 4.31. The van der Waals surface area contributed by atoms with Crippen LogP contribution in [0.1, 0.15) is 64.2 Å². The molecule has 6 nitrogen and oxygen atoms in total. The third-order valence-corrected chi connectivity index (χ3v) is 8.16. The molecular weight excluding hydrogens is 374 g/mol. The number of anilines is 1. The summed E-state index contributed by atoms with van der Waals surface area (Å²) in [5, 5.41) is 12.3. The van der Waals surface area contributed by atoms with E-state index in [-0.39, 0.29) is 16.8 Å². The monoisotopic (exact) mass is 403 g/mol. The van der Waals surface area contributed by atoms with E-state index in [1.165, 1.54) is 22.9 Å². The van der Waals surface area contributed by atoms with Crippen molar-refractivity contribution in [1.82, 2.24) is 4.31 Å². The number of rotatable bonds is 5. The maximum atomic E-state index is 12.9. The van der Waals surface area contributed by atoms with E-state index in [1.54, 1.807) is 19.2 Å². The summed E-state index contributed by atoms with van der Waals surface area (Å²) in [4.78, 5) is 12.9. The molecule has 2 aliphatic carbocycles. The quantitative estimate of drug-likeness (QED) is 0.803. The average molecular weight is 404 g/mol. The van der Waals surface area contributed by atoms with Crippen molar-refractivity contribution in [1.29, 1.82) is 5.26 Å². The lowest BCUT2D eigenvalue weighted by atomic mass is 9.74. The van der Waals surface area contributed by atoms with Crippen molar-refractivity contribution < 1.29 is 13.2 Å². The second kappa shape index (κ2) is 8.62. The van der Waals surface area contributed by atoms with Crippen LogP contribution in [0.2, 0.25) is 0 Å². The predicted octanol–water partition coefficient (Wildman–Crippen LogP) is 4.05. The van der Waals surface area contributed by atoms with E-state index in [0.29, 0.717) is 18.5 Å². The molecule has 1 amide bonds. The smallest absolute Gasteiger partial charge is 0.244 e. The Balaban J connectivity index is 1.70. The highest BCUT2D eigenvalue weighted by atomic mass is 32.2. The van der Waals surface area contributed by atoms with E-state index in [4.69, 9.17) is 0 Å². The molecule has 0 spiro atoms. The second-order valence-electron chi connectivity index (χ2n) is 8.05. The molecule has 2 aliphatic rings. The molecule has 0 aliphatic heterocycles. The van der Waals surface area contributed by atoms with Crippen LogP contribution in [-0.2, 0) is 14.8 Å². The molecule has 152 valence electrons. The Morgan fingerprint density at radius 3 is 2.21 bits per heavy atom. The topological polar surface area (TPSA) is 90.3 Å². The fraction of sp³-hybridized carbons (Fsp3) is 0.619. The molecule has 2 saturated carbocycles. The van der Waals surface area contributed by atoms with Crippen molar-refractivity contribution in [3.63, 3.8) is 0 Å². The Morgan fingerprint density at radius 1 is 1.07 bits per heavy atom. The summed E-state index contributed by atoms with van der Waals surface area (Å²) in [5.74, 6) is -0.287. The molecule has 2 fully saturated rings. The number of hydrogen-bond donors (Lipinski definition) is 1. The van der Waals surface area contributed by atoms with E-state index in [9.17, 15) is 18.5 Å². The summed E-state index contributed by atoms with van der Waals surface area (Å²) >= 11 is 0. The summed E-state index contributed by atoms with van der Waals surface area (Å²) in [6.45, 7) is 0. The Bertz CT molecular complexity index is 831. The summed E-state index contributed by atoms with van der Waals surface area (Å²) in [7, 11) is -1.90. The van der Waals surface area contributed by atoms with Gasteiger partial charge in [-0.15, -0.1) is 0 Å². The molecule has 0 heterocycles. The second-order valence-corrected chi connectivity index (χ2v) is 10.0. The fourth-order valence-corrected chi connectivity index (χ4v) is 5.73. The van der Waals surface area contributed by atoms with Crippen molar-refractivity contribution in [2.75, 3.05) is 12.4 Å².